The zero-order chi connectivity index (χ0) is 15.8. The Hall–Kier alpha value is -1.55. The Kier molecular flexibility index (Phi) is 6.72. The van der Waals surface area contributed by atoms with Gasteiger partial charge in [0.25, 0.3) is 0 Å². The number of ether oxygens (including phenoxy) is 1. The number of hydrogen-bond donors (Lipinski definition) is 2. The van der Waals surface area contributed by atoms with Gasteiger partial charge in [0.1, 0.15) is 0 Å². The number of nitrogens with two attached hydrogens (primary N) is 1. The van der Waals surface area contributed by atoms with Crippen molar-refractivity contribution >= 4 is 11.6 Å². The molecular weight excluding hydrogens is 274 g/mol. The first-order valence-electron chi connectivity index (χ1n) is 8.40. The largest absolute Gasteiger partial charge is 0.378 e. The Balaban J connectivity index is 1.66. The summed E-state index contributed by atoms with van der Waals surface area (Å²) >= 11 is 0. The van der Waals surface area contributed by atoms with Gasteiger partial charge in [0.15, 0.2) is 5.96 Å². The third kappa shape index (κ3) is 6.06. The first kappa shape index (κ1) is 16.8. The lowest BCUT2D eigenvalue weighted by Crippen LogP contribution is -2.23. The van der Waals surface area contributed by atoms with E-state index in [2.05, 4.69) is 42.4 Å². The lowest BCUT2D eigenvalue weighted by atomic mass is 9.98. The van der Waals surface area contributed by atoms with E-state index in [0.717, 1.165) is 18.7 Å². The topological polar surface area (TPSA) is 59.6 Å². The fraction of sp³-hybridized carbons (Fsp3) is 0.611. The highest BCUT2D eigenvalue weighted by Gasteiger charge is 2.12. The fourth-order valence-corrected chi connectivity index (χ4v) is 2.98. The van der Waals surface area contributed by atoms with Gasteiger partial charge in [0.05, 0.1) is 6.10 Å². The maximum atomic E-state index is 5.93. The SMILES string of the molecule is Cc1cc(C)cc(NC(N)=NCCCOC2CCCCC2)c1. The minimum atomic E-state index is 0.475. The molecule has 1 aliphatic rings. The van der Waals surface area contributed by atoms with Crippen LogP contribution >= 0.6 is 0 Å². The normalized spacial score (nSPS) is 16.7. The summed E-state index contributed by atoms with van der Waals surface area (Å²) < 4.78 is 5.88. The molecule has 1 aromatic rings. The molecule has 0 atom stereocenters. The molecule has 1 saturated carbocycles. The average Bonchev–Trinajstić information content (AvgIpc) is 2.47. The number of nitrogens with one attached hydrogen (secondary N) is 1. The first-order chi connectivity index (χ1) is 10.6. The van der Waals surface area contributed by atoms with Gasteiger partial charge in [-0.2, -0.15) is 0 Å². The van der Waals surface area contributed by atoms with Crippen LogP contribution < -0.4 is 11.1 Å². The minimum Gasteiger partial charge on any atom is -0.378 e. The van der Waals surface area contributed by atoms with Gasteiger partial charge in [-0.25, -0.2) is 0 Å². The van der Waals surface area contributed by atoms with E-state index < -0.39 is 0 Å². The van der Waals surface area contributed by atoms with Crippen LogP contribution in [0.3, 0.4) is 0 Å². The molecule has 2 rings (SSSR count). The van der Waals surface area contributed by atoms with E-state index >= 15 is 0 Å². The molecule has 1 aliphatic carbocycles. The third-order valence-electron chi connectivity index (χ3n) is 3.98. The van der Waals surface area contributed by atoms with Gasteiger partial charge in [-0.1, -0.05) is 25.3 Å². The van der Waals surface area contributed by atoms with Gasteiger partial charge in [0, 0.05) is 18.8 Å². The summed E-state index contributed by atoms with van der Waals surface area (Å²) in [5.74, 6) is 0.475. The van der Waals surface area contributed by atoms with Gasteiger partial charge in [-0.15, -0.1) is 0 Å². The van der Waals surface area contributed by atoms with E-state index in [1.807, 2.05) is 0 Å². The minimum absolute atomic E-state index is 0.475. The average molecular weight is 303 g/mol. The molecule has 0 saturated heterocycles. The summed E-state index contributed by atoms with van der Waals surface area (Å²) in [5.41, 5.74) is 9.36. The summed E-state index contributed by atoms with van der Waals surface area (Å²) in [5, 5.41) is 3.15. The van der Waals surface area contributed by atoms with Crippen LogP contribution in [0.2, 0.25) is 0 Å². The highest BCUT2D eigenvalue weighted by atomic mass is 16.5. The van der Waals surface area contributed by atoms with Crippen molar-refractivity contribution in [2.75, 3.05) is 18.5 Å². The Labute approximate surface area is 134 Å². The lowest BCUT2D eigenvalue weighted by Gasteiger charge is -2.21. The number of rotatable bonds is 6. The summed E-state index contributed by atoms with van der Waals surface area (Å²) in [6.45, 7) is 5.64. The Morgan fingerprint density at radius 2 is 1.86 bits per heavy atom. The maximum absolute atomic E-state index is 5.93. The molecule has 0 radical (unpaired) electrons. The van der Waals surface area contributed by atoms with E-state index in [1.54, 1.807) is 0 Å². The molecule has 0 amide bonds. The molecule has 0 bridgehead atoms. The number of anilines is 1. The second kappa shape index (κ2) is 8.79. The predicted molar refractivity (Wildman–Crippen MR) is 93.5 cm³/mol. The number of aryl methyl sites for hydroxylation is 2. The van der Waals surface area contributed by atoms with E-state index in [9.17, 15) is 0 Å². The number of benzene rings is 1. The fourth-order valence-electron chi connectivity index (χ4n) is 2.98. The van der Waals surface area contributed by atoms with Crippen LogP contribution in [0, 0.1) is 13.8 Å². The molecule has 4 heteroatoms. The van der Waals surface area contributed by atoms with Crippen molar-refractivity contribution in [1.29, 1.82) is 0 Å². The Morgan fingerprint density at radius 1 is 1.18 bits per heavy atom. The van der Waals surface area contributed by atoms with Crippen LogP contribution in [0.15, 0.2) is 23.2 Å². The second-order valence-electron chi connectivity index (χ2n) is 6.25. The van der Waals surface area contributed by atoms with Gasteiger partial charge in [-0.05, 0) is 56.4 Å². The molecule has 0 heterocycles. The van der Waals surface area contributed by atoms with Gasteiger partial charge < -0.3 is 15.8 Å². The Bertz CT molecular complexity index is 473. The number of guanidine groups is 1. The molecule has 1 aromatic carbocycles. The number of aliphatic imine (C=N–C) groups is 1. The molecule has 22 heavy (non-hydrogen) atoms. The van der Waals surface area contributed by atoms with Crippen LogP contribution in [-0.4, -0.2) is 25.2 Å². The molecule has 3 N–H and O–H groups in total. The summed E-state index contributed by atoms with van der Waals surface area (Å²) in [6, 6.07) is 6.28. The van der Waals surface area contributed by atoms with Gasteiger partial charge in [0.2, 0.25) is 0 Å². The van der Waals surface area contributed by atoms with Crippen molar-refractivity contribution in [1.82, 2.24) is 0 Å². The number of hydrogen-bond acceptors (Lipinski definition) is 2. The molecule has 0 aromatic heterocycles. The van der Waals surface area contributed by atoms with Crippen molar-refractivity contribution in [2.45, 2.75) is 58.5 Å². The van der Waals surface area contributed by atoms with Crippen LogP contribution in [0.4, 0.5) is 5.69 Å². The second-order valence-corrected chi connectivity index (χ2v) is 6.25. The first-order valence-corrected chi connectivity index (χ1v) is 8.40. The van der Waals surface area contributed by atoms with Crippen molar-refractivity contribution in [3.05, 3.63) is 29.3 Å². The standard InChI is InChI=1S/C18H29N3O/c1-14-11-15(2)13-16(12-14)21-18(19)20-9-6-10-22-17-7-4-3-5-8-17/h11-13,17H,3-10H2,1-2H3,(H3,19,20,21). The molecule has 0 unspecified atom stereocenters. The monoisotopic (exact) mass is 303 g/mol. The number of nitrogens with zero attached hydrogens (tertiary/aromatic N) is 1. The van der Waals surface area contributed by atoms with Crippen LogP contribution in [0.5, 0.6) is 0 Å². The Morgan fingerprint density at radius 3 is 2.55 bits per heavy atom. The van der Waals surface area contributed by atoms with Crippen molar-refractivity contribution in [3.63, 3.8) is 0 Å². The van der Waals surface area contributed by atoms with E-state index in [4.69, 9.17) is 10.5 Å². The molecule has 0 spiro atoms. The summed E-state index contributed by atoms with van der Waals surface area (Å²) in [6.07, 6.45) is 7.84. The van der Waals surface area contributed by atoms with Crippen molar-refractivity contribution in [2.24, 2.45) is 10.7 Å². The lowest BCUT2D eigenvalue weighted by molar-refractivity contribution is 0.0281. The van der Waals surface area contributed by atoms with Gasteiger partial charge >= 0.3 is 0 Å². The quantitative estimate of drug-likeness (QED) is 0.478. The van der Waals surface area contributed by atoms with E-state index in [0.29, 0.717) is 18.6 Å². The highest BCUT2D eigenvalue weighted by Crippen LogP contribution is 2.20. The van der Waals surface area contributed by atoms with Crippen molar-refractivity contribution in [3.8, 4) is 0 Å². The smallest absolute Gasteiger partial charge is 0.193 e. The van der Waals surface area contributed by atoms with Crippen molar-refractivity contribution < 1.29 is 4.74 Å². The van der Waals surface area contributed by atoms with Crippen LogP contribution in [0.1, 0.15) is 49.7 Å². The molecule has 0 aliphatic heterocycles. The molecular formula is C18H29N3O. The molecule has 122 valence electrons. The van der Waals surface area contributed by atoms with E-state index in [-0.39, 0.29) is 0 Å². The zero-order valence-electron chi connectivity index (χ0n) is 13.9. The summed E-state index contributed by atoms with van der Waals surface area (Å²) in [4.78, 5) is 4.36. The summed E-state index contributed by atoms with van der Waals surface area (Å²) in [7, 11) is 0. The van der Waals surface area contributed by atoms with E-state index in [1.165, 1.54) is 43.2 Å². The van der Waals surface area contributed by atoms with Gasteiger partial charge in [-0.3, -0.25) is 4.99 Å². The van der Waals surface area contributed by atoms with Crippen LogP contribution in [0.25, 0.3) is 0 Å². The molecule has 1 fully saturated rings. The highest BCUT2D eigenvalue weighted by molar-refractivity contribution is 5.92. The maximum Gasteiger partial charge on any atom is 0.193 e. The third-order valence-corrected chi connectivity index (χ3v) is 3.98. The predicted octanol–water partition coefficient (Wildman–Crippen LogP) is 3.77. The van der Waals surface area contributed by atoms with Crippen LogP contribution in [-0.2, 0) is 4.74 Å². The zero-order valence-corrected chi connectivity index (χ0v) is 13.9. The molecule has 4 nitrogen and oxygen atoms in total.